The van der Waals surface area contributed by atoms with E-state index in [0.29, 0.717) is 0 Å². The van der Waals surface area contributed by atoms with Gasteiger partial charge in [-0.05, 0) is 17.2 Å². The van der Waals surface area contributed by atoms with Crippen molar-refractivity contribution < 1.29 is 19.1 Å². The molecule has 122 valence electrons. The highest BCUT2D eigenvalue weighted by molar-refractivity contribution is 5.97. The number of hydrogen-bond donors (Lipinski definition) is 1. The Labute approximate surface area is 140 Å². The molecule has 0 saturated carbocycles. The molecule has 0 aromatic heterocycles. The largest absolute Gasteiger partial charge is 0.452 e. The van der Waals surface area contributed by atoms with E-state index in [1.165, 1.54) is 6.08 Å². The predicted molar refractivity (Wildman–Crippen MR) is 89.7 cm³/mol. The number of hydrogen-bond acceptors (Lipinski definition) is 4. The van der Waals surface area contributed by atoms with Gasteiger partial charge in [-0.25, -0.2) is 4.79 Å². The first-order valence-corrected chi connectivity index (χ1v) is 7.40. The lowest BCUT2D eigenvalue weighted by molar-refractivity contribution is -0.145. The highest BCUT2D eigenvalue weighted by Gasteiger charge is 2.10. The lowest BCUT2D eigenvalue weighted by atomic mass is 10.1. The van der Waals surface area contributed by atoms with Gasteiger partial charge in [-0.1, -0.05) is 60.7 Å². The summed E-state index contributed by atoms with van der Waals surface area (Å²) in [6.07, 6.45) is 2.91. The number of carbonyl (C=O) groups is 3. The van der Waals surface area contributed by atoms with Crippen molar-refractivity contribution in [2.45, 2.75) is 6.42 Å². The highest BCUT2D eigenvalue weighted by atomic mass is 16.5. The number of nitrogens with one attached hydrogen (secondary N) is 1. The molecule has 0 radical (unpaired) electrons. The second-order valence-electron chi connectivity index (χ2n) is 4.99. The quantitative estimate of drug-likeness (QED) is 0.653. The molecule has 0 aliphatic heterocycles. The smallest absolute Gasteiger partial charge is 0.331 e. The molecule has 0 atom stereocenters. The minimum Gasteiger partial charge on any atom is -0.452 e. The maximum Gasteiger partial charge on any atom is 0.331 e. The van der Waals surface area contributed by atoms with E-state index in [4.69, 9.17) is 4.74 Å². The molecule has 2 rings (SSSR count). The summed E-state index contributed by atoms with van der Waals surface area (Å²) in [5.41, 5.74) is 1.64. The van der Waals surface area contributed by atoms with Crippen LogP contribution in [0.5, 0.6) is 0 Å². The third-order valence-corrected chi connectivity index (χ3v) is 3.04. The average Bonchev–Trinajstić information content (AvgIpc) is 2.60. The predicted octanol–water partition coefficient (Wildman–Crippen LogP) is 2.13. The first kappa shape index (κ1) is 17.1. The van der Waals surface area contributed by atoms with E-state index >= 15 is 0 Å². The SMILES string of the molecule is O=C(COC(=O)/C=C/c1ccccc1)NC(=O)Cc1ccccc1. The van der Waals surface area contributed by atoms with Crippen LogP contribution in [0, 0.1) is 0 Å². The molecule has 5 nitrogen and oxygen atoms in total. The first-order valence-electron chi connectivity index (χ1n) is 7.40. The summed E-state index contributed by atoms with van der Waals surface area (Å²) in [6, 6.07) is 18.3. The molecular weight excluding hydrogens is 306 g/mol. The average molecular weight is 323 g/mol. The van der Waals surface area contributed by atoms with Gasteiger partial charge in [0.25, 0.3) is 5.91 Å². The summed E-state index contributed by atoms with van der Waals surface area (Å²) in [4.78, 5) is 34.8. The lowest BCUT2D eigenvalue weighted by Gasteiger charge is -2.04. The molecule has 0 saturated heterocycles. The minimum atomic E-state index is -0.655. The van der Waals surface area contributed by atoms with Crippen molar-refractivity contribution in [1.29, 1.82) is 0 Å². The molecule has 2 aromatic rings. The number of amides is 2. The number of rotatable bonds is 6. The molecular formula is C19H17NO4. The van der Waals surface area contributed by atoms with E-state index in [1.54, 1.807) is 18.2 Å². The Balaban J connectivity index is 1.71. The number of carbonyl (C=O) groups excluding carboxylic acids is 3. The number of imide groups is 1. The summed E-state index contributed by atoms with van der Waals surface area (Å²) >= 11 is 0. The van der Waals surface area contributed by atoms with E-state index in [0.717, 1.165) is 11.1 Å². The fourth-order valence-electron chi connectivity index (χ4n) is 1.93. The fourth-order valence-corrected chi connectivity index (χ4v) is 1.93. The van der Waals surface area contributed by atoms with Crippen LogP contribution < -0.4 is 5.32 Å². The van der Waals surface area contributed by atoms with Gasteiger partial charge in [-0.3, -0.25) is 14.9 Å². The van der Waals surface area contributed by atoms with Crippen molar-refractivity contribution in [3.8, 4) is 0 Å². The van der Waals surface area contributed by atoms with Crippen LogP contribution >= 0.6 is 0 Å². The second-order valence-corrected chi connectivity index (χ2v) is 4.99. The van der Waals surface area contributed by atoms with Crippen LogP contribution in [-0.2, 0) is 25.5 Å². The summed E-state index contributed by atoms with van der Waals surface area (Å²) in [5, 5.41) is 2.18. The van der Waals surface area contributed by atoms with Crippen LogP contribution in [0.4, 0.5) is 0 Å². The molecule has 24 heavy (non-hydrogen) atoms. The van der Waals surface area contributed by atoms with E-state index in [2.05, 4.69) is 5.32 Å². The Bertz CT molecular complexity index is 724. The van der Waals surface area contributed by atoms with Gasteiger partial charge in [0.15, 0.2) is 6.61 Å². The normalized spacial score (nSPS) is 10.3. The monoisotopic (exact) mass is 323 g/mol. The zero-order chi connectivity index (χ0) is 17.2. The standard InChI is InChI=1S/C19H17NO4/c21-17(13-16-9-5-2-6-10-16)20-18(22)14-24-19(23)12-11-15-7-3-1-4-8-15/h1-12H,13-14H2,(H,20,21,22)/b12-11+. The molecule has 0 aliphatic rings. The molecule has 0 unspecified atom stereocenters. The van der Waals surface area contributed by atoms with Gasteiger partial charge in [0.2, 0.25) is 5.91 Å². The zero-order valence-electron chi connectivity index (χ0n) is 13.0. The van der Waals surface area contributed by atoms with Gasteiger partial charge in [-0.2, -0.15) is 0 Å². The van der Waals surface area contributed by atoms with Crippen molar-refractivity contribution >= 4 is 23.9 Å². The molecule has 5 heteroatoms. The van der Waals surface area contributed by atoms with E-state index in [1.807, 2.05) is 48.5 Å². The maximum absolute atomic E-state index is 11.7. The van der Waals surface area contributed by atoms with Crippen molar-refractivity contribution in [2.75, 3.05) is 6.61 Å². The van der Waals surface area contributed by atoms with Crippen LogP contribution in [0.3, 0.4) is 0 Å². The van der Waals surface area contributed by atoms with Crippen LogP contribution in [0.1, 0.15) is 11.1 Å². The Morgan fingerprint density at radius 3 is 2.17 bits per heavy atom. The van der Waals surface area contributed by atoms with Crippen LogP contribution in [0.25, 0.3) is 6.08 Å². The Morgan fingerprint density at radius 1 is 0.875 bits per heavy atom. The molecule has 0 spiro atoms. The minimum absolute atomic E-state index is 0.0917. The van der Waals surface area contributed by atoms with E-state index in [-0.39, 0.29) is 6.42 Å². The summed E-state index contributed by atoms with van der Waals surface area (Å²) in [6.45, 7) is -0.501. The molecule has 0 fully saturated rings. The third kappa shape index (κ3) is 6.27. The van der Waals surface area contributed by atoms with Crippen LogP contribution in [-0.4, -0.2) is 24.4 Å². The van der Waals surface area contributed by atoms with E-state index in [9.17, 15) is 14.4 Å². The van der Waals surface area contributed by atoms with Crippen molar-refractivity contribution in [3.63, 3.8) is 0 Å². The van der Waals surface area contributed by atoms with Gasteiger partial charge in [-0.15, -0.1) is 0 Å². The number of benzene rings is 2. The second kappa shape index (κ2) is 9.05. The molecule has 2 amide bonds. The topological polar surface area (TPSA) is 72.5 Å². The summed E-state index contributed by atoms with van der Waals surface area (Å²) < 4.78 is 4.79. The summed E-state index contributed by atoms with van der Waals surface area (Å²) in [7, 11) is 0. The van der Waals surface area contributed by atoms with Crippen LogP contribution in [0.15, 0.2) is 66.7 Å². The Kier molecular flexibility index (Phi) is 6.46. The van der Waals surface area contributed by atoms with E-state index < -0.39 is 24.4 Å². The van der Waals surface area contributed by atoms with Gasteiger partial charge >= 0.3 is 5.97 Å². The third-order valence-electron chi connectivity index (χ3n) is 3.04. The van der Waals surface area contributed by atoms with Gasteiger partial charge in [0.05, 0.1) is 6.42 Å². The molecule has 2 aromatic carbocycles. The lowest BCUT2D eigenvalue weighted by Crippen LogP contribution is -2.35. The van der Waals surface area contributed by atoms with Gasteiger partial charge in [0.1, 0.15) is 0 Å². The van der Waals surface area contributed by atoms with Gasteiger partial charge in [0, 0.05) is 6.08 Å². The highest BCUT2D eigenvalue weighted by Crippen LogP contribution is 2.01. The number of ether oxygens (including phenoxy) is 1. The van der Waals surface area contributed by atoms with Crippen LogP contribution in [0.2, 0.25) is 0 Å². The molecule has 0 heterocycles. The van der Waals surface area contributed by atoms with Crippen molar-refractivity contribution in [2.24, 2.45) is 0 Å². The maximum atomic E-state index is 11.7. The number of esters is 1. The van der Waals surface area contributed by atoms with Crippen molar-refractivity contribution in [1.82, 2.24) is 5.32 Å². The summed E-state index contributed by atoms with van der Waals surface area (Å²) in [5.74, 6) is -1.75. The van der Waals surface area contributed by atoms with Gasteiger partial charge < -0.3 is 4.74 Å². The first-order chi connectivity index (χ1) is 11.6. The molecule has 0 aliphatic carbocycles. The Hall–Kier alpha value is -3.21. The fraction of sp³-hybridized carbons (Fsp3) is 0.105. The molecule has 0 bridgehead atoms. The van der Waals surface area contributed by atoms with Crippen molar-refractivity contribution in [3.05, 3.63) is 77.9 Å². The molecule has 1 N–H and O–H groups in total. The Morgan fingerprint density at radius 2 is 1.50 bits per heavy atom. The zero-order valence-corrected chi connectivity index (χ0v) is 13.0.